The van der Waals surface area contributed by atoms with Crippen LogP contribution in [-0.2, 0) is 11.3 Å². The lowest BCUT2D eigenvalue weighted by molar-refractivity contribution is 0.0816. The lowest BCUT2D eigenvalue weighted by Crippen LogP contribution is -2.17. The summed E-state index contributed by atoms with van der Waals surface area (Å²) in [4.78, 5) is 0. The first kappa shape index (κ1) is 16.1. The number of hydrogen-bond acceptors (Lipinski definition) is 4. The molecule has 0 atom stereocenters. The van der Waals surface area contributed by atoms with Crippen molar-refractivity contribution >= 4 is 0 Å². The van der Waals surface area contributed by atoms with Crippen LogP contribution in [0.2, 0.25) is 0 Å². The summed E-state index contributed by atoms with van der Waals surface area (Å²) in [6.07, 6.45) is 2.56. The molecule has 1 aromatic carbocycles. The Morgan fingerprint density at radius 3 is 2.71 bits per heavy atom. The second-order valence-electron chi connectivity index (χ2n) is 5.95. The van der Waals surface area contributed by atoms with Crippen molar-refractivity contribution in [2.24, 2.45) is 5.92 Å². The van der Waals surface area contributed by atoms with Crippen molar-refractivity contribution in [3.8, 4) is 11.5 Å². The van der Waals surface area contributed by atoms with Gasteiger partial charge in [-0.15, -0.1) is 0 Å². The van der Waals surface area contributed by atoms with Crippen LogP contribution < -0.4 is 14.8 Å². The Hall–Kier alpha value is -1.26. The summed E-state index contributed by atoms with van der Waals surface area (Å²) in [6, 6.07) is 6.63. The van der Waals surface area contributed by atoms with E-state index in [0.29, 0.717) is 25.2 Å². The fourth-order valence-corrected chi connectivity index (χ4v) is 2.03. The minimum atomic E-state index is 0.560. The molecule has 4 heteroatoms. The zero-order chi connectivity index (χ0) is 15.1. The van der Waals surface area contributed by atoms with Crippen LogP contribution in [0.25, 0.3) is 0 Å². The van der Waals surface area contributed by atoms with Crippen molar-refractivity contribution in [2.45, 2.75) is 39.3 Å². The molecular weight excluding hydrogens is 266 g/mol. The summed E-state index contributed by atoms with van der Waals surface area (Å²) in [5.41, 5.74) is 1.14. The third-order valence-corrected chi connectivity index (χ3v) is 3.36. The van der Waals surface area contributed by atoms with E-state index in [4.69, 9.17) is 14.2 Å². The highest BCUT2D eigenvalue weighted by atomic mass is 16.5. The van der Waals surface area contributed by atoms with Crippen molar-refractivity contribution in [1.29, 1.82) is 0 Å². The molecule has 0 unspecified atom stereocenters. The van der Waals surface area contributed by atoms with E-state index in [9.17, 15) is 0 Å². The molecule has 1 aromatic rings. The SMILES string of the molecule is COc1ccc(OCCOCC(C)C)c(CNC2CC2)c1. The minimum Gasteiger partial charge on any atom is -0.497 e. The van der Waals surface area contributed by atoms with E-state index in [2.05, 4.69) is 19.2 Å². The van der Waals surface area contributed by atoms with Gasteiger partial charge in [0.1, 0.15) is 18.1 Å². The Balaban J connectivity index is 1.83. The molecule has 0 aliphatic heterocycles. The van der Waals surface area contributed by atoms with Gasteiger partial charge in [-0.05, 0) is 37.0 Å². The van der Waals surface area contributed by atoms with Gasteiger partial charge in [0, 0.05) is 24.8 Å². The van der Waals surface area contributed by atoms with Crippen LogP contribution in [0.4, 0.5) is 0 Å². The van der Waals surface area contributed by atoms with Crippen LogP contribution in [0.5, 0.6) is 11.5 Å². The molecule has 1 N–H and O–H groups in total. The predicted octanol–water partition coefficient (Wildman–Crippen LogP) is 3.00. The van der Waals surface area contributed by atoms with E-state index in [-0.39, 0.29) is 0 Å². The standard InChI is InChI=1S/C17H27NO3/c1-13(2)12-20-8-9-21-17-7-6-16(19-3)10-14(17)11-18-15-4-5-15/h6-7,10,13,15,18H,4-5,8-9,11-12H2,1-3H3. The van der Waals surface area contributed by atoms with E-state index in [1.807, 2.05) is 18.2 Å². The highest BCUT2D eigenvalue weighted by molar-refractivity contribution is 5.40. The average Bonchev–Trinajstić information content (AvgIpc) is 3.29. The molecule has 21 heavy (non-hydrogen) atoms. The van der Waals surface area contributed by atoms with Gasteiger partial charge in [0.15, 0.2) is 0 Å². The molecule has 0 bridgehead atoms. The highest BCUT2D eigenvalue weighted by Crippen LogP contribution is 2.26. The van der Waals surface area contributed by atoms with Crippen molar-refractivity contribution in [3.63, 3.8) is 0 Å². The van der Waals surface area contributed by atoms with Crippen LogP contribution >= 0.6 is 0 Å². The molecule has 2 rings (SSSR count). The smallest absolute Gasteiger partial charge is 0.124 e. The first-order valence-electron chi connectivity index (χ1n) is 7.80. The van der Waals surface area contributed by atoms with Gasteiger partial charge in [-0.25, -0.2) is 0 Å². The maximum atomic E-state index is 5.85. The molecule has 0 aromatic heterocycles. The number of methoxy groups -OCH3 is 1. The van der Waals surface area contributed by atoms with E-state index in [1.54, 1.807) is 7.11 Å². The molecule has 1 saturated carbocycles. The summed E-state index contributed by atoms with van der Waals surface area (Å²) in [6.45, 7) is 7.10. The summed E-state index contributed by atoms with van der Waals surface area (Å²) < 4.78 is 16.7. The maximum Gasteiger partial charge on any atom is 0.124 e. The van der Waals surface area contributed by atoms with E-state index in [1.165, 1.54) is 12.8 Å². The molecule has 1 aliphatic rings. The molecule has 4 nitrogen and oxygen atoms in total. The molecule has 0 heterocycles. The van der Waals surface area contributed by atoms with Gasteiger partial charge in [-0.3, -0.25) is 0 Å². The van der Waals surface area contributed by atoms with Crippen molar-refractivity contribution in [2.75, 3.05) is 26.9 Å². The quantitative estimate of drug-likeness (QED) is 0.673. The van der Waals surface area contributed by atoms with E-state index >= 15 is 0 Å². The van der Waals surface area contributed by atoms with Gasteiger partial charge >= 0.3 is 0 Å². The average molecular weight is 293 g/mol. The first-order chi connectivity index (χ1) is 10.2. The molecule has 118 valence electrons. The van der Waals surface area contributed by atoms with Gasteiger partial charge < -0.3 is 19.5 Å². The fraction of sp³-hybridized carbons (Fsp3) is 0.647. The number of nitrogens with one attached hydrogen (secondary N) is 1. The zero-order valence-corrected chi connectivity index (χ0v) is 13.4. The summed E-state index contributed by atoms with van der Waals surface area (Å²) in [7, 11) is 1.69. The first-order valence-corrected chi connectivity index (χ1v) is 7.80. The van der Waals surface area contributed by atoms with Crippen LogP contribution in [-0.4, -0.2) is 33.0 Å². The maximum absolute atomic E-state index is 5.85. The van der Waals surface area contributed by atoms with Gasteiger partial charge in [-0.1, -0.05) is 13.8 Å². The van der Waals surface area contributed by atoms with Crippen LogP contribution in [0.1, 0.15) is 32.3 Å². The molecule has 1 fully saturated rings. The Labute approximate surface area is 127 Å². The number of hydrogen-bond donors (Lipinski definition) is 1. The van der Waals surface area contributed by atoms with E-state index in [0.717, 1.165) is 30.2 Å². The van der Waals surface area contributed by atoms with Crippen molar-refractivity contribution in [1.82, 2.24) is 5.32 Å². The summed E-state index contributed by atoms with van der Waals surface area (Å²) in [5.74, 6) is 2.34. The number of ether oxygens (including phenoxy) is 3. The lowest BCUT2D eigenvalue weighted by atomic mass is 10.2. The summed E-state index contributed by atoms with van der Waals surface area (Å²) in [5, 5.41) is 3.51. The fourth-order valence-electron chi connectivity index (χ4n) is 2.03. The molecular formula is C17H27NO3. The Morgan fingerprint density at radius 2 is 2.05 bits per heavy atom. The Morgan fingerprint density at radius 1 is 1.24 bits per heavy atom. The largest absolute Gasteiger partial charge is 0.497 e. The number of benzene rings is 1. The zero-order valence-electron chi connectivity index (χ0n) is 13.4. The normalized spacial score (nSPS) is 14.5. The summed E-state index contributed by atoms with van der Waals surface area (Å²) >= 11 is 0. The molecule has 0 radical (unpaired) electrons. The van der Waals surface area contributed by atoms with Gasteiger partial charge in [0.05, 0.1) is 13.7 Å². The molecule has 0 saturated heterocycles. The van der Waals surface area contributed by atoms with Crippen LogP contribution in [0.15, 0.2) is 18.2 Å². The third-order valence-electron chi connectivity index (χ3n) is 3.36. The third kappa shape index (κ3) is 5.94. The Kier molecular flexibility index (Phi) is 6.33. The van der Waals surface area contributed by atoms with Gasteiger partial charge in [0.25, 0.3) is 0 Å². The molecule has 0 amide bonds. The van der Waals surface area contributed by atoms with Crippen molar-refractivity contribution in [3.05, 3.63) is 23.8 Å². The van der Waals surface area contributed by atoms with Crippen LogP contribution in [0, 0.1) is 5.92 Å². The minimum absolute atomic E-state index is 0.560. The highest BCUT2D eigenvalue weighted by Gasteiger charge is 2.20. The van der Waals surface area contributed by atoms with Gasteiger partial charge in [0.2, 0.25) is 0 Å². The topological polar surface area (TPSA) is 39.7 Å². The molecule has 0 spiro atoms. The lowest BCUT2D eigenvalue weighted by Gasteiger charge is -2.14. The number of rotatable bonds is 10. The van der Waals surface area contributed by atoms with Crippen molar-refractivity contribution < 1.29 is 14.2 Å². The molecule has 1 aliphatic carbocycles. The monoisotopic (exact) mass is 293 g/mol. The second-order valence-corrected chi connectivity index (χ2v) is 5.95. The van der Waals surface area contributed by atoms with Crippen LogP contribution in [0.3, 0.4) is 0 Å². The van der Waals surface area contributed by atoms with E-state index < -0.39 is 0 Å². The second kappa shape index (κ2) is 8.25. The predicted molar refractivity (Wildman–Crippen MR) is 84.0 cm³/mol. The Bertz CT molecular complexity index is 430. The van der Waals surface area contributed by atoms with Gasteiger partial charge in [-0.2, -0.15) is 0 Å².